The Morgan fingerprint density at radius 1 is 1.11 bits per heavy atom. The molecule has 0 aliphatic carbocycles. The number of carboxylic acid groups (broad SMARTS) is 1. The number of hydrogen-bond donors (Lipinski definition) is 2. The van der Waals surface area contributed by atoms with Crippen LogP contribution in [0.5, 0.6) is 0 Å². The molecule has 0 fully saturated rings. The van der Waals surface area contributed by atoms with Gasteiger partial charge in [-0.3, -0.25) is 0 Å². The largest absolute Gasteiger partial charge is 0.478 e. The van der Waals surface area contributed by atoms with Crippen molar-refractivity contribution >= 4 is 18.0 Å². The van der Waals surface area contributed by atoms with E-state index in [0.29, 0.717) is 0 Å². The average molecular weight is 263 g/mol. The van der Waals surface area contributed by atoms with Crippen LogP contribution in [0.15, 0.2) is 61.9 Å². The summed E-state index contributed by atoms with van der Waals surface area (Å²) in [5.74, 6) is -1.43. The number of hydrogen-bond acceptors (Lipinski definition) is 4. The first-order valence-corrected chi connectivity index (χ1v) is 5.00. The second-order valence-electron chi connectivity index (χ2n) is 2.90. The molecule has 0 aliphatic rings. The molecule has 0 saturated carbocycles. The summed E-state index contributed by atoms with van der Waals surface area (Å²) in [5.41, 5.74) is 0.986. The molecule has 19 heavy (non-hydrogen) atoms. The number of ether oxygens (including phenoxy) is 1. The molecule has 0 unspecified atom stereocenters. The number of rotatable bonds is 4. The number of carbonyl (C=O) groups excluding carboxylic acids is 1. The highest BCUT2D eigenvalue weighted by Crippen LogP contribution is 2.00. The number of esters is 1. The number of carboxylic acids is 1. The molecular weight excluding hydrogens is 246 g/mol. The summed E-state index contributed by atoms with van der Waals surface area (Å²) in [5, 5.41) is 7.60. The van der Waals surface area contributed by atoms with Gasteiger partial charge in [-0.25, -0.2) is 9.59 Å². The molecule has 0 amide bonds. The zero-order chi connectivity index (χ0) is 13.8. The highest BCUT2D eigenvalue weighted by Gasteiger charge is 1.88. The molecule has 0 bridgehead atoms. The van der Waals surface area contributed by atoms with E-state index in [9.17, 15) is 9.59 Å². The Labute approximate surface area is 112 Å². The van der Waals surface area contributed by atoms with E-state index in [0.717, 1.165) is 17.7 Å². The van der Waals surface area contributed by atoms with Gasteiger partial charge in [0.15, 0.2) is 0 Å². The molecular formula is C14H17NO4. The smallest absolute Gasteiger partial charge is 0.334 e. The predicted molar refractivity (Wildman–Crippen MR) is 74.6 cm³/mol. The lowest BCUT2D eigenvalue weighted by Gasteiger charge is -1.92. The van der Waals surface area contributed by atoms with Crippen LogP contribution in [0.4, 0.5) is 0 Å². The normalized spacial score (nSPS) is 8.42. The van der Waals surface area contributed by atoms with E-state index in [1.807, 2.05) is 30.3 Å². The summed E-state index contributed by atoms with van der Waals surface area (Å²) < 4.78 is 4.66. The molecule has 1 aromatic carbocycles. The molecule has 1 rings (SSSR count). The van der Waals surface area contributed by atoms with Crippen LogP contribution >= 0.6 is 0 Å². The maximum Gasteiger partial charge on any atom is 0.334 e. The van der Waals surface area contributed by atoms with Gasteiger partial charge in [-0.15, -0.1) is 0 Å². The van der Waals surface area contributed by atoms with Gasteiger partial charge in [0.05, 0.1) is 6.26 Å². The Hall–Kier alpha value is -2.66. The Morgan fingerprint density at radius 2 is 1.63 bits per heavy atom. The SMILES string of the molecule is C=CC(=O)O.C=CC(=O)OC=Cc1ccccc1.N. The lowest BCUT2D eigenvalue weighted by molar-refractivity contribution is -0.132. The summed E-state index contributed by atoms with van der Waals surface area (Å²) >= 11 is 0. The molecule has 0 aromatic heterocycles. The molecule has 102 valence electrons. The van der Waals surface area contributed by atoms with Gasteiger partial charge in [0, 0.05) is 12.2 Å². The van der Waals surface area contributed by atoms with Gasteiger partial charge in [0.25, 0.3) is 0 Å². The minimum Gasteiger partial charge on any atom is -0.478 e. The van der Waals surface area contributed by atoms with Crippen LogP contribution in [0.25, 0.3) is 6.08 Å². The minimum atomic E-state index is -0.981. The molecule has 1 aromatic rings. The molecule has 0 aliphatic heterocycles. The van der Waals surface area contributed by atoms with Gasteiger partial charge < -0.3 is 16.0 Å². The van der Waals surface area contributed by atoms with E-state index in [4.69, 9.17) is 5.11 Å². The van der Waals surface area contributed by atoms with Crippen LogP contribution in [0.2, 0.25) is 0 Å². The van der Waals surface area contributed by atoms with Gasteiger partial charge in [-0.2, -0.15) is 0 Å². The van der Waals surface area contributed by atoms with Gasteiger partial charge in [0.1, 0.15) is 0 Å². The molecule has 0 radical (unpaired) electrons. The summed E-state index contributed by atoms with van der Waals surface area (Å²) in [6.45, 7) is 6.24. The first-order valence-electron chi connectivity index (χ1n) is 5.00. The number of aliphatic carboxylic acids is 1. The van der Waals surface area contributed by atoms with Gasteiger partial charge >= 0.3 is 11.9 Å². The lowest BCUT2D eigenvalue weighted by Crippen LogP contribution is -1.91. The van der Waals surface area contributed by atoms with Gasteiger partial charge in [-0.1, -0.05) is 43.5 Å². The maximum atomic E-state index is 10.6. The summed E-state index contributed by atoms with van der Waals surface area (Å²) in [7, 11) is 0. The van der Waals surface area contributed by atoms with Crippen molar-refractivity contribution in [3.8, 4) is 0 Å². The standard InChI is InChI=1S/C11H10O2.C3H4O2.H3N/c1-2-11(12)13-9-8-10-6-4-3-5-7-10;1-2-3(4)5;/h2-9H,1H2;2H,1H2,(H,4,5);1H3. The third-order valence-corrected chi connectivity index (χ3v) is 1.59. The second-order valence-corrected chi connectivity index (χ2v) is 2.90. The van der Waals surface area contributed by atoms with Crippen LogP contribution < -0.4 is 6.15 Å². The van der Waals surface area contributed by atoms with Crippen LogP contribution in [-0.4, -0.2) is 17.0 Å². The predicted octanol–water partition coefficient (Wildman–Crippen LogP) is 2.81. The number of benzene rings is 1. The van der Waals surface area contributed by atoms with Crippen LogP contribution in [0.3, 0.4) is 0 Å². The molecule has 5 heteroatoms. The summed E-state index contributed by atoms with van der Waals surface area (Å²) in [6, 6.07) is 9.58. The highest BCUT2D eigenvalue weighted by atomic mass is 16.5. The highest BCUT2D eigenvalue weighted by molar-refractivity contribution is 5.82. The molecule has 0 saturated heterocycles. The van der Waals surface area contributed by atoms with Crippen molar-refractivity contribution in [2.75, 3.05) is 0 Å². The molecule has 5 nitrogen and oxygen atoms in total. The third-order valence-electron chi connectivity index (χ3n) is 1.59. The Morgan fingerprint density at radius 3 is 2.05 bits per heavy atom. The fourth-order valence-corrected chi connectivity index (χ4v) is 0.792. The fraction of sp³-hybridized carbons (Fsp3) is 0. The van der Waals surface area contributed by atoms with E-state index in [1.165, 1.54) is 6.26 Å². The minimum absolute atomic E-state index is 0. The van der Waals surface area contributed by atoms with Crippen molar-refractivity contribution in [1.29, 1.82) is 0 Å². The van der Waals surface area contributed by atoms with Crippen LogP contribution in [0, 0.1) is 0 Å². The zero-order valence-corrected chi connectivity index (χ0v) is 10.5. The first-order chi connectivity index (χ1) is 8.60. The van der Waals surface area contributed by atoms with Crippen molar-refractivity contribution in [3.63, 3.8) is 0 Å². The van der Waals surface area contributed by atoms with E-state index >= 15 is 0 Å². The van der Waals surface area contributed by atoms with Crippen molar-refractivity contribution in [1.82, 2.24) is 6.15 Å². The molecule has 0 atom stereocenters. The van der Waals surface area contributed by atoms with Crippen LogP contribution in [0.1, 0.15) is 5.56 Å². The topological polar surface area (TPSA) is 98.6 Å². The zero-order valence-electron chi connectivity index (χ0n) is 10.5. The van der Waals surface area contributed by atoms with E-state index in [2.05, 4.69) is 17.9 Å². The van der Waals surface area contributed by atoms with Crippen molar-refractivity contribution in [3.05, 3.63) is 67.5 Å². The maximum absolute atomic E-state index is 10.6. The molecule has 4 N–H and O–H groups in total. The summed E-state index contributed by atoms with van der Waals surface area (Å²) in [4.78, 5) is 19.9. The van der Waals surface area contributed by atoms with Gasteiger partial charge in [0.2, 0.25) is 0 Å². The fourth-order valence-electron chi connectivity index (χ4n) is 0.792. The molecule has 0 heterocycles. The second kappa shape index (κ2) is 11.8. The Balaban J connectivity index is 0. The van der Waals surface area contributed by atoms with Crippen LogP contribution in [-0.2, 0) is 14.3 Å². The lowest BCUT2D eigenvalue weighted by atomic mass is 10.2. The quantitative estimate of drug-likeness (QED) is 0.494. The van der Waals surface area contributed by atoms with E-state index in [1.54, 1.807) is 6.08 Å². The first kappa shape index (κ1) is 18.7. The third kappa shape index (κ3) is 11.6. The number of carbonyl (C=O) groups is 2. The Kier molecular flexibility index (Phi) is 11.6. The van der Waals surface area contributed by atoms with Crippen molar-refractivity contribution in [2.45, 2.75) is 0 Å². The van der Waals surface area contributed by atoms with Crippen molar-refractivity contribution in [2.24, 2.45) is 0 Å². The Bertz CT molecular complexity index is 438. The monoisotopic (exact) mass is 263 g/mol. The summed E-state index contributed by atoms with van der Waals surface area (Å²) in [6.07, 6.45) is 5.01. The van der Waals surface area contributed by atoms with E-state index < -0.39 is 11.9 Å². The van der Waals surface area contributed by atoms with E-state index in [-0.39, 0.29) is 6.15 Å². The average Bonchev–Trinajstić information content (AvgIpc) is 2.40. The molecule has 0 spiro atoms. The van der Waals surface area contributed by atoms with Gasteiger partial charge in [-0.05, 0) is 11.6 Å². The van der Waals surface area contributed by atoms with Crippen molar-refractivity contribution < 1.29 is 19.4 Å².